The second-order valence-electron chi connectivity index (χ2n) is 8.58. The maximum absolute atomic E-state index is 10.9. The fourth-order valence-electron chi connectivity index (χ4n) is 5.04. The van der Waals surface area contributed by atoms with Gasteiger partial charge in [-0.05, 0) is 12.8 Å². The lowest BCUT2D eigenvalue weighted by Gasteiger charge is -2.49. The molecule has 2 fully saturated rings. The van der Waals surface area contributed by atoms with Crippen LogP contribution in [0.25, 0.3) is 0 Å². The number of rotatable bonds is 1. The van der Waals surface area contributed by atoms with Gasteiger partial charge in [-0.25, -0.2) is 0 Å². The Bertz CT molecular complexity index is 693. The van der Waals surface area contributed by atoms with E-state index in [0.29, 0.717) is 25.9 Å². The van der Waals surface area contributed by atoms with Crippen molar-refractivity contribution in [3.8, 4) is 0 Å². The highest BCUT2D eigenvalue weighted by molar-refractivity contribution is 5.12. The van der Waals surface area contributed by atoms with Crippen LogP contribution in [0.2, 0.25) is 0 Å². The molecule has 0 saturated carbocycles. The number of hydrogen-bond donors (Lipinski definition) is 3. The molecule has 5 rings (SSSR count). The van der Waals surface area contributed by atoms with Crippen molar-refractivity contribution in [2.24, 2.45) is 0 Å². The van der Waals surface area contributed by atoms with Crippen molar-refractivity contribution in [3.63, 3.8) is 0 Å². The van der Waals surface area contributed by atoms with Crippen molar-refractivity contribution in [3.05, 3.63) is 36.5 Å². The van der Waals surface area contributed by atoms with Crippen molar-refractivity contribution in [1.29, 1.82) is 0 Å². The largest absolute Gasteiger partial charge is 0.394 e. The molecule has 0 amide bonds. The highest BCUT2D eigenvalue weighted by Crippen LogP contribution is 2.38. The van der Waals surface area contributed by atoms with E-state index in [-0.39, 0.29) is 37.1 Å². The van der Waals surface area contributed by atoms with E-state index in [9.17, 15) is 15.3 Å². The molecule has 11 atom stereocenters. The topological polar surface area (TPSA) is 107 Å². The van der Waals surface area contributed by atoms with Crippen LogP contribution >= 0.6 is 0 Å². The first-order chi connectivity index (χ1) is 14.6. The molecule has 0 spiro atoms. The van der Waals surface area contributed by atoms with Crippen LogP contribution < -0.4 is 0 Å². The maximum atomic E-state index is 10.9. The Kier molecular flexibility index (Phi) is 6.10. The van der Waals surface area contributed by atoms with Gasteiger partial charge < -0.3 is 39.0 Å². The lowest BCUT2D eigenvalue weighted by atomic mass is 9.87. The Morgan fingerprint density at radius 2 is 1.50 bits per heavy atom. The summed E-state index contributed by atoms with van der Waals surface area (Å²) in [4.78, 5) is 0. The van der Waals surface area contributed by atoms with Gasteiger partial charge in [-0.15, -0.1) is 0 Å². The van der Waals surface area contributed by atoms with Crippen molar-refractivity contribution >= 4 is 0 Å². The Morgan fingerprint density at radius 3 is 2.33 bits per heavy atom. The lowest BCUT2D eigenvalue weighted by Crippen LogP contribution is -2.63. The summed E-state index contributed by atoms with van der Waals surface area (Å²) in [6.07, 6.45) is 8.18. The summed E-state index contributed by atoms with van der Waals surface area (Å²) >= 11 is 0. The van der Waals surface area contributed by atoms with E-state index in [1.165, 1.54) is 0 Å². The maximum Gasteiger partial charge on any atom is 0.113 e. The van der Waals surface area contributed by atoms with E-state index < -0.39 is 36.6 Å². The molecule has 5 heterocycles. The zero-order valence-corrected chi connectivity index (χ0v) is 16.7. The third-order valence-electron chi connectivity index (χ3n) is 6.62. The van der Waals surface area contributed by atoms with Gasteiger partial charge in [0, 0.05) is 6.42 Å². The summed E-state index contributed by atoms with van der Waals surface area (Å²) in [6, 6.07) is 0. The molecule has 5 aliphatic heterocycles. The van der Waals surface area contributed by atoms with Crippen molar-refractivity contribution < 1.29 is 39.0 Å². The zero-order chi connectivity index (χ0) is 20.7. The third-order valence-corrected chi connectivity index (χ3v) is 6.62. The van der Waals surface area contributed by atoms with Gasteiger partial charge in [-0.3, -0.25) is 0 Å². The summed E-state index contributed by atoms with van der Waals surface area (Å²) in [5, 5.41) is 30.6. The van der Waals surface area contributed by atoms with E-state index in [1.807, 2.05) is 30.4 Å². The van der Waals surface area contributed by atoms with Crippen LogP contribution in [-0.4, -0.2) is 95.7 Å². The monoisotopic (exact) mass is 422 g/mol. The van der Waals surface area contributed by atoms with Crippen molar-refractivity contribution in [2.75, 3.05) is 13.2 Å². The zero-order valence-electron chi connectivity index (χ0n) is 16.7. The van der Waals surface area contributed by atoms with Gasteiger partial charge in [0.1, 0.15) is 42.7 Å². The second-order valence-corrected chi connectivity index (χ2v) is 8.58. The first-order valence-electron chi connectivity index (χ1n) is 10.8. The number of ether oxygens (including phenoxy) is 5. The minimum absolute atomic E-state index is 0.200. The molecule has 8 heteroatoms. The lowest BCUT2D eigenvalue weighted by molar-refractivity contribution is -0.286. The number of hydrogen-bond acceptors (Lipinski definition) is 8. The predicted octanol–water partition coefficient (Wildman–Crippen LogP) is 0.00780. The SMILES string of the molecule is OC[C@H]1O[C@H]2C=C[C@H]3O[C@H]4[C@H](O)[C@H]5OCC=CC[C@@H]5O[C@@H]4C[C@@H]3O[C@@H]2CC=CC1O. The Morgan fingerprint density at radius 1 is 0.733 bits per heavy atom. The first kappa shape index (κ1) is 20.8. The van der Waals surface area contributed by atoms with Crippen LogP contribution in [0.5, 0.6) is 0 Å². The fraction of sp³-hybridized carbons (Fsp3) is 0.727. The van der Waals surface area contributed by atoms with E-state index >= 15 is 0 Å². The molecule has 3 N–H and O–H groups in total. The summed E-state index contributed by atoms with van der Waals surface area (Å²) in [5.74, 6) is 0. The summed E-state index contributed by atoms with van der Waals surface area (Å²) < 4.78 is 30.7. The molecule has 0 bridgehead atoms. The van der Waals surface area contributed by atoms with Crippen LogP contribution in [0.15, 0.2) is 36.5 Å². The molecule has 0 aromatic heterocycles. The van der Waals surface area contributed by atoms with Gasteiger partial charge >= 0.3 is 0 Å². The Hall–Kier alpha value is -1.10. The van der Waals surface area contributed by atoms with Crippen LogP contribution in [0.4, 0.5) is 0 Å². The predicted molar refractivity (Wildman–Crippen MR) is 105 cm³/mol. The first-order valence-corrected chi connectivity index (χ1v) is 10.8. The fourth-order valence-corrected chi connectivity index (χ4v) is 5.04. The number of aliphatic hydroxyl groups excluding tert-OH is 3. The minimum Gasteiger partial charge on any atom is -0.394 e. The Labute approximate surface area is 175 Å². The smallest absolute Gasteiger partial charge is 0.113 e. The molecular weight excluding hydrogens is 392 g/mol. The molecule has 2 saturated heterocycles. The normalized spacial score (nSPS) is 50.7. The second kappa shape index (κ2) is 8.80. The highest BCUT2D eigenvalue weighted by atomic mass is 16.6. The standard InChI is InChI=1S/C22H30O8/c23-11-19-12(24)4-3-6-13-14(28-19)7-8-15-17(27-13)10-18-22(30-15)20(25)21-16(29-18)5-1-2-9-26-21/h1-4,7-8,12-25H,5-6,9-11H2/t12?,13-,14+,15-,16+,17+,18-,19-,20-,21+,22-/m1/s1. The molecule has 166 valence electrons. The van der Waals surface area contributed by atoms with E-state index in [1.54, 1.807) is 6.08 Å². The van der Waals surface area contributed by atoms with E-state index in [4.69, 9.17) is 23.7 Å². The molecule has 30 heavy (non-hydrogen) atoms. The van der Waals surface area contributed by atoms with Crippen molar-refractivity contribution in [2.45, 2.75) is 86.4 Å². The van der Waals surface area contributed by atoms with E-state index in [2.05, 4.69) is 0 Å². The summed E-state index contributed by atoms with van der Waals surface area (Å²) in [7, 11) is 0. The molecule has 0 aromatic rings. The molecule has 0 aromatic carbocycles. The summed E-state index contributed by atoms with van der Waals surface area (Å²) in [5.41, 5.74) is 0. The minimum atomic E-state index is -0.862. The molecule has 8 nitrogen and oxygen atoms in total. The Balaban J connectivity index is 1.34. The van der Waals surface area contributed by atoms with E-state index in [0.717, 1.165) is 0 Å². The molecule has 5 aliphatic rings. The van der Waals surface area contributed by atoms with Crippen LogP contribution in [0, 0.1) is 0 Å². The van der Waals surface area contributed by atoms with Gasteiger partial charge in [0.2, 0.25) is 0 Å². The molecular formula is C22H30O8. The van der Waals surface area contributed by atoms with Crippen LogP contribution in [-0.2, 0) is 23.7 Å². The summed E-state index contributed by atoms with van der Waals surface area (Å²) in [6.45, 7) is 0.174. The van der Waals surface area contributed by atoms with Crippen LogP contribution in [0.1, 0.15) is 19.3 Å². The van der Waals surface area contributed by atoms with Crippen molar-refractivity contribution in [1.82, 2.24) is 0 Å². The van der Waals surface area contributed by atoms with Crippen LogP contribution in [0.3, 0.4) is 0 Å². The van der Waals surface area contributed by atoms with Gasteiger partial charge in [0.25, 0.3) is 0 Å². The van der Waals surface area contributed by atoms with Gasteiger partial charge in [0.15, 0.2) is 0 Å². The van der Waals surface area contributed by atoms with Gasteiger partial charge in [-0.2, -0.15) is 0 Å². The molecule has 0 radical (unpaired) electrons. The van der Waals surface area contributed by atoms with Gasteiger partial charge in [0.05, 0.1) is 37.6 Å². The third kappa shape index (κ3) is 3.91. The number of aliphatic hydroxyl groups is 3. The number of fused-ring (bicyclic) bond motifs is 4. The quantitative estimate of drug-likeness (QED) is 0.508. The average Bonchev–Trinajstić information content (AvgIpc) is 3.06. The average molecular weight is 422 g/mol. The highest BCUT2D eigenvalue weighted by Gasteiger charge is 2.52. The van der Waals surface area contributed by atoms with Gasteiger partial charge in [-0.1, -0.05) is 36.5 Å². The molecule has 1 unspecified atom stereocenters. The molecule has 0 aliphatic carbocycles.